The van der Waals surface area contributed by atoms with Crippen LogP contribution >= 0.6 is 11.6 Å². The first-order valence-electron chi connectivity index (χ1n) is 12.1. The largest absolute Gasteiger partial charge is 0.433 e. The number of nitrogens with one attached hydrogen (secondary N) is 1. The number of anilines is 2. The first-order chi connectivity index (χ1) is 16.8. The summed E-state index contributed by atoms with van der Waals surface area (Å²) in [4.78, 5) is 22.7. The van der Waals surface area contributed by atoms with Crippen molar-refractivity contribution >= 4 is 28.9 Å². The van der Waals surface area contributed by atoms with E-state index in [9.17, 15) is 18.0 Å². The van der Waals surface area contributed by atoms with Gasteiger partial charge < -0.3 is 15.1 Å². The van der Waals surface area contributed by atoms with Crippen LogP contribution in [0.4, 0.5) is 24.5 Å². The molecule has 1 aromatic heterocycles. The van der Waals surface area contributed by atoms with E-state index in [2.05, 4.69) is 20.1 Å². The molecule has 2 aliphatic heterocycles. The molecular weight excluding hydrogens is 479 g/mol. The second-order valence-electron chi connectivity index (χ2n) is 9.14. The summed E-state index contributed by atoms with van der Waals surface area (Å²) in [5.74, 6) is 0.159. The highest BCUT2D eigenvalue weighted by molar-refractivity contribution is 6.30. The third kappa shape index (κ3) is 7.24. The van der Waals surface area contributed by atoms with Crippen molar-refractivity contribution in [1.29, 1.82) is 0 Å². The summed E-state index contributed by atoms with van der Waals surface area (Å²) in [6.45, 7) is 6.00. The van der Waals surface area contributed by atoms with Gasteiger partial charge in [-0.15, -0.1) is 0 Å². The molecule has 35 heavy (non-hydrogen) atoms. The van der Waals surface area contributed by atoms with Crippen molar-refractivity contribution in [2.45, 2.75) is 37.9 Å². The summed E-state index contributed by atoms with van der Waals surface area (Å²) in [6.07, 6.45) is -0.521. The number of halogens is 4. The fourth-order valence-electron chi connectivity index (χ4n) is 4.68. The molecule has 10 heteroatoms. The van der Waals surface area contributed by atoms with Crippen LogP contribution in [0.15, 0.2) is 42.6 Å². The molecule has 0 atom stereocenters. The Morgan fingerprint density at radius 1 is 1.03 bits per heavy atom. The predicted molar refractivity (Wildman–Crippen MR) is 132 cm³/mol. The molecule has 0 bridgehead atoms. The molecule has 6 nitrogen and oxygen atoms in total. The number of hydrogen-bond acceptors (Lipinski definition) is 5. The van der Waals surface area contributed by atoms with E-state index in [0.29, 0.717) is 38.0 Å². The first kappa shape index (κ1) is 25.6. The van der Waals surface area contributed by atoms with Gasteiger partial charge in [0.25, 0.3) is 0 Å². The number of aromatic nitrogens is 1. The van der Waals surface area contributed by atoms with Gasteiger partial charge in [-0.25, -0.2) is 0 Å². The zero-order chi connectivity index (χ0) is 24.8. The molecule has 190 valence electrons. The van der Waals surface area contributed by atoms with E-state index in [0.717, 1.165) is 50.2 Å². The minimum absolute atomic E-state index is 0.0412. The number of amides is 1. The van der Waals surface area contributed by atoms with Gasteiger partial charge in [-0.1, -0.05) is 11.6 Å². The smallest absolute Gasteiger partial charge is 0.382 e. The molecule has 2 fully saturated rings. The van der Waals surface area contributed by atoms with Crippen molar-refractivity contribution in [3.63, 3.8) is 0 Å². The fraction of sp³-hybridized carbons (Fsp3) is 0.520. The molecule has 2 saturated heterocycles. The van der Waals surface area contributed by atoms with Crippen LogP contribution in [0.2, 0.25) is 5.02 Å². The number of carbonyl (C=O) groups excluding carboxylic acids is 1. The summed E-state index contributed by atoms with van der Waals surface area (Å²) in [6, 6.07) is 10.5. The van der Waals surface area contributed by atoms with Gasteiger partial charge in [-0.2, -0.15) is 13.2 Å². The number of piperazine rings is 1. The Balaban J connectivity index is 1.13. The third-order valence-electron chi connectivity index (χ3n) is 6.70. The number of likely N-dealkylation sites (tertiary alicyclic amines) is 1. The summed E-state index contributed by atoms with van der Waals surface area (Å²) in [5.41, 5.74) is 0.696. The molecule has 0 unspecified atom stereocenters. The first-order valence-corrected chi connectivity index (χ1v) is 12.5. The number of hydrogen-bond donors (Lipinski definition) is 1. The lowest BCUT2D eigenvalue weighted by molar-refractivity contribution is -0.141. The number of pyridine rings is 1. The van der Waals surface area contributed by atoms with Crippen molar-refractivity contribution in [2.75, 3.05) is 56.0 Å². The SMILES string of the molecule is O=C(CCCN1CCN(c2ccc(Cl)cc2)CC1)N1CCC(Nc2ccnc(C(F)(F)F)c2)CC1. The fourth-order valence-corrected chi connectivity index (χ4v) is 4.80. The second kappa shape index (κ2) is 11.5. The molecule has 0 radical (unpaired) electrons. The second-order valence-corrected chi connectivity index (χ2v) is 9.57. The molecule has 0 saturated carbocycles. The summed E-state index contributed by atoms with van der Waals surface area (Å²) in [5, 5.41) is 3.90. The van der Waals surface area contributed by atoms with Crippen molar-refractivity contribution in [3.05, 3.63) is 53.3 Å². The maximum absolute atomic E-state index is 12.9. The number of carbonyl (C=O) groups is 1. The van der Waals surface area contributed by atoms with Gasteiger partial charge in [0, 0.05) is 74.3 Å². The quantitative estimate of drug-likeness (QED) is 0.583. The number of rotatable bonds is 7. The molecule has 2 aliphatic rings. The molecule has 3 heterocycles. The summed E-state index contributed by atoms with van der Waals surface area (Å²) in [7, 11) is 0. The van der Waals surface area contributed by atoms with Gasteiger partial charge in [0.05, 0.1) is 0 Å². The van der Waals surface area contributed by atoms with E-state index >= 15 is 0 Å². The zero-order valence-electron chi connectivity index (χ0n) is 19.6. The summed E-state index contributed by atoms with van der Waals surface area (Å²) < 4.78 is 38.6. The van der Waals surface area contributed by atoms with Crippen molar-refractivity contribution in [2.24, 2.45) is 0 Å². The Labute approximate surface area is 209 Å². The molecule has 0 spiro atoms. The molecule has 1 amide bonds. The lowest BCUT2D eigenvalue weighted by Crippen LogP contribution is -2.47. The lowest BCUT2D eigenvalue weighted by Gasteiger charge is -2.36. The molecule has 0 aliphatic carbocycles. The standard InChI is InChI=1S/C25H31ClF3N5O/c26-19-3-5-22(6-4-19)33-16-14-32(15-17-33)11-1-2-24(35)34-12-8-20(9-13-34)31-21-7-10-30-23(18-21)25(27,28)29/h3-7,10,18,20H,1-2,8-9,11-17H2,(H,30,31). The molecule has 2 aromatic rings. The lowest BCUT2D eigenvalue weighted by atomic mass is 10.0. The zero-order valence-corrected chi connectivity index (χ0v) is 20.4. The third-order valence-corrected chi connectivity index (χ3v) is 6.95. The maximum atomic E-state index is 12.9. The average molecular weight is 510 g/mol. The van der Waals surface area contributed by atoms with Crippen molar-refractivity contribution in [1.82, 2.24) is 14.8 Å². The monoisotopic (exact) mass is 509 g/mol. The van der Waals surface area contributed by atoms with Crippen LogP contribution in [0, 0.1) is 0 Å². The highest BCUT2D eigenvalue weighted by Gasteiger charge is 2.32. The van der Waals surface area contributed by atoms with Crippen LogP contribution in [-0.4, -0.2) is 72.5 Å². The minimum Gasteiger partial charge on any atom is -0.382 e. The Kier molecular flexibility index (Phi) is 8.38. The number of alkyl halides is 3. The molecule has 1 aromatic carbocycles. The Morgan fingerprint density at radius 2 is 1.71 bits per heavy atom. The minimum atomic E-state index is -4.46. The van der Waals surface area contributed by atoms with Crippen LogP contribution in [0.3, 0.4) is 0 Å². The Hall–Kier alpha value is -2.52. The Bertz CT molecular complexity index is 972. The molecular formula is C25H31ClF3N5O. The van der Waals surface area contributed by atoms with Crippen LogP contribution in [0.5, 0.6) is 0 Å². The predicted octanol–water partition coefficient (Wildman–Crippen LogP) is 4.76. The average Bonchev–Trinajstić information content (AvgIpc) is 2.85. The van der Waals surface area contributed by atoms with Crippen LogP contribution in [0.25, 0.3) is 0 Å². The van der Waals surface area contributed by atoms with Gasteiger partial charge in [0.15, 0.2) is 0 Å². The topological polar surface area (TPSA) is 51.7 Å². The number of nitrogens with zero attached hydrogens (tertiary/aromatic N) is 4. The van der Waals surface area contributed by atoms with Gasteiger partial charge in [0.1, 0.15) is 5.69 Å². The van der Waals surface area contributed by atoms with Gasteiger partial charge in [-0.3, -0.25) is 14.7 Å². The van der Waals surface area contributed by atoms with E-state index in [1.807, 2.05) is 29.2 Å². The highest BCUT2D eigenvalue weighted by atomic mass is 35.5. The molecule has 1 N–H and O–H groups in total. The van der Waals surface area contributed by atoms with Crippen molar-refractivity contribution < 1.29 is 18.0 Å². The van der Waals surface area contributed by atoms with E-state index in [4.69, 9.17) is 11.6 Å². The maximum Gasteiger partial charge on any atom is 0.433 e. The summed E-state index contributed by atoms with van der Waals surface area (Å²) >= 11 is 5.97. The van der Waals surface area contributed by atoms with E-state index < -0.39 is 11.9 Å². The van der Waals surface area contributed by atoms with Gasteiger partial charge in [-0.05, 0) is 62.2 Å². The van der Waals surface area contributed by atoms with E-state index in [1.54, 1.807) is 6.07 Å². The number of benzene rings is 1. The van der Waals surface area contributed by atoms with Crippen LogP contribution in [0.1, 0.15) is 31.4 Å². The van der Waals surface area contributed by atoms with Crippen molar-refractivity contribution in [3.8, 4) is 0 Å². The highest BCUT2D eigenvalue weighted by Crippen LogP contribution is 2.29. The van der Waals surface area contributed by atoms with Crippen LogP contribution in [-0.2, 0) is 11.0 Å². The molecule has 4 rings (SSSR count). The Morgan fingerprint density at radius 3 is 2.37 bits per heavy atom. The number of piperidine rings is 1. The van der Waals surface area contributed by atoms with Gasteiger partial charge >= 0.3 is 6.18 Å². The van der Waals surface area contributed by atoms with E-state index in [-0.39, 0.29) is 11.9 Å². The normalized spacial score (nSPS) is 18.1. The van der Waals surface area contributed by atoms with E-state index in [1.165, 1.54) is 11.9 Å². The van der Waals surface area contributed by atoms with Crippen LogP contribution < -0.4 is 10.2 Å². The van der Waals surface area contributed by atoms with Gasteiger partial charge in [0.2, 0.25) is 5.91 Å².